The largest absolute Gasteiger partial charge is 0.358 e. The fraction of sp³-hybridized carbons (Fsp3) is 0.500. The Kier molecular flexibility index (Phi) is 4.30. The molecule has 2 amide bonds. The molecule has 0 aliphatic carbocycles. The molecule has 0 aliphatic heterocycles. The van der Waals surface area contributed by atoms with Crippen LogP contribution in [0, 0.1) is 6.92 Å². The summed E-state index contributed by atoms with van der Waals surface area (Å²) in [5, 5.41) is 16.0. The number of nitrogens with one attached hydrogen (secondary N) is 3. The van der Waals surface area contributed by atoms with Crippen LogP contribution in [0.5, 0.6) is 0 Å². The topological polar surface area (TPSA) is 95.8 Å². The maximum Gasteiger partial charge on any atom is 0.320 e. The molecule has 21 heavy (non-hydrogen) atoms. The second kappa shape index (κ2) is 5.99. The molecule has 2 heterocycles. The first kappa shape index (κ1) is 15.1. The van der Waals surface area contributed by atoms with E-state index in [9.17, 15) is 4.79 Å². The van der Waals surface area contributed by atoms with Gasteiger partial charge in [0.2, 0.25) is 0 Å². The van der Waals surface area contributed by atoms with Gasteiger partial charge in [-0.25, -0.2) is 4.79 Å². The highest BCUT2D eigenvalue weighted by Crippen LogP contribution is 2.29. The third-order valence-corrected chi connectivity index (χ3v) is 3.09. The number of rotatable bonds is 4. The minimum absolute atomic E-state index is 0.144. The summed E-state index contributed by atoms with van der Waals surface area (Å²) in [6, 6.07) is -0.296. The summed E-state index contributed by atoms with van der Waals surface area (Å²) in [4.78, 5) is 11.8. The molecule has 2 aromatic heterocycles. The van der Waals surface area contributed by atoms with Gasteiger partial charge < -0.3 is 9.84 Å². The molecule has 7 nitrogen and oxygen atoms in total. The van der Waals surface area contributed by atoms with E-state index >= 15 is 0 Å². The summed E-state index contributed by atoms with van der Waals surface area (Å²) in [7, 11) is 0. The summed E-state index contributed by atoms with van der Waals surface area (Å²) in [6.45, 7) is 8.52. The second-order valence-corrected chi connectivity index (χ2v) is 5.97. The molecule has 2 aromatic rings. The van der Waals surface area contributed by atoms with Crippen LogP contribution in [0.2, 0.25) is 0 Å². The van der Waals surface area contributed by atoms with Gasteiger partial charge in [-0.2, -0.15) is 5.10 Å². The van der Waals surface area contributed by atoms with Gasteiger partial charge in [-0.1, -0.05) is 25.9 Å². The standard InChI is InChI=1S/C14H21N5O2/c1-9-11(14(2,3)4)21-19-12(9)18-13(20)15-6-5-10-7-16-17-8-10/h7-8H,5-6H2,1-4H3,(H,16,17)(H2,15,18,19,20). The van der Waals surface area contributed by atoms with E-state index in [2.05, 4.69) is 26.0 Å². The van der Waals surface area contributed by atoms with Crippen molar-refractivity contribution in [2.75, 3.05) is 11.9 Å². The number of urea groups is 1. The zero-order valence-corrected chi connectivity index (χ0v) is 12.8. The lowest BCUT2D eigenvalue weighted by Gasteiger charge is -2.14. The molecule has 0 unspecified atom stereocenters. The van der Waals surface area contributed by atoms with Crippen molar-refractivity contribution < 1.29 is 9.32 Å². The highest BCUT2D eigenvalue weighted by molar-refractivity contribution is 5.88. The highest BCUT2D eigenvalue weighted by Gasteiger charge is 2.24. The molecule has 114 valence electrons. The molecule has 0 spiro atoms. The average Bonchev–Trinajstić information content (AvgIpc) is 3.00. The van der Waals surface area contributed by atoms with Crippen LogP contribution in [0.4, 0.5) is 10.6 Å². The number of carbonyl (C=O) groups excluding carboxylic acids is 1. The first-order chi connectivity index (χ1) is 9.88. The van der Waals surface area contributed by atoms with Gasteiger partial charge in [-0.3, -0.25) is 10.4 Å². The van der Waals surface area contributed by atoms with Gasteiger partial charge in [0.05, 0.1) is 6.20 Å². The van der Waals surface area contributed by atoms with Crippen molar-refractivity contribution in [2.24, 2.45) is 0 Å². The molecule has 0 bridgehead atoms. The number of nitrogens with zero attached hydrogens (tertiary/aromatic N) is 2. The number of H-pyrrole nitrogens is 1. The minimum atomic E-state index is -0.296. The zero-order chi connectivity index (χ0) is 15.5. The summed E-state index contributed by atoms with van der Waals surface area (Å²) >= 11 is 0. The zero-order valence-electron chi connectivity index (χ0n) is 12.8. The van der Waals surface area contributed by atoms with Crippen molar-refractivity contribution in [3.63, 3.8) is 0 Å². The van der Waals surface area contributed by atoms with E-state index in [4.69, 9.17) is 4.52 Å². The molecule has 0 aromatic carbocycles. The molecule has 3 N–H and O–H groups in total. The second-order valence-electron chi connectivity index (χ2n) is 5.97. The van der Waals surface area contributed by atoms with Crippen LogP contribution in [0.15, 0.2) is 16.9 Å². The molecule has 0 saturated heterocycles. The lowest BCUT2D eigenvalue weighted by atomic mass is 9.91. The van der Waals surface area contributed by atoms with E-state index in [-0.39, 0.29) is 11.4 Å². The molecule has 0 atom stereocenters. The van der Waals surface area contributed by atoms with E-state index in [0.29, 0.717) is 12.4 Å². The number of aromatic nitrogens is 3. The van der Waals surface area contributed by atoms with Crippen LogP contribution in [0.1, 0.15) is 37.7 Å². The number of anilines is 1. The Morgan fingerprint density at radius 2 is 2.19 bits per heavy atom. The molecule has 0 radical (unpaired) electrons. The van der Waals surface area contributed by atoms with E-state index in [1.807, 2.05) is 27.7 Å². The summed E-state index contributed by atoms with van der Waals surface area (Å²) in [5.74, 6) is 1.23. The van der Waals surface area contributed by atoms with Crippen molar-refractivity contribution in [1.29, 1.82) is 0 Å². The van der Waals surface area contributed by atoms with Crippen molar-refractivity contribution in [3.05, 3.63) is 29.3 Å². The minimum Gasteiger partial charge on any atom is -0.358 e. The number of carbonyl (C=O) groups is 1. The van der Waals surface area contributed by atoms with Crippen molar-refractivity contribution >= 4 is 11.8 Å². The smallest absolute Gasteiger partial charge is 0.320 e. The van der Waals surface area contributed by atoms with Gasteiger partial charge >= 0.3 is 6.03 Å². The first-order valence-electron chi connectivity index (χ1n) is 6.87. The third-order valence-electron chi connectivity index (χ3n) is 3.09. The lowest BCUT2D eigenvalue weighted by Crippen LogP contribution is -2.30. The summed E-state index contributed by atoms with van der Waals surface area (Å²) < 4.78 is 5.32. The maximum atomic E-state index is 11.8. The molecule has 2 rings (SSSR count). The van der Waals surface area contributed by atoms with Crippen molar-refractivity contribution in [3.8, 4) is 0 Å². The van der Waals surface area contributed by atoms with Gasteiger partial charge in [0.25, 0.3) is 0 Å². The van der Waals surface area contributed by atoms with Gasteiger partial charge in [-0.15, -0.1) is 0 Å². The molecule has 0 saturated carbocycles. The summed E-state index contributed by atoms with van der Waals surface area (Å²) in [6.07, 6.45) is 4.25. The fourth-order valence-corrected chi connectivity index (χ4v) is 2.04. The van der Waals surface area contributed by atoms with Crippen LogP contribution in [0.25, 0.3) is 0 Å². The SMILES string of the molecule is Cc1c(NC(=O)NCCc2cn[nH]c2)noc1C(C)(C)C. The predicted octanol–water partition coefficient (Wildman–Crippen LogP) is 2.37. The van der Waals surface area contributed by atoms with Crippen LogP contribution < -0.4 is 10.6 Å². The van der Waals surface area contributed by atoms with Crippen LogP contribution in [-0.4, -0.2) is 27.9 Å². The van der Waals surface area contributed by atoms with Gasteiger partial charge in [0, 0.05) is 23.7 Å². The van der Waals surface area contributed by atoms with Gasteiger partial charge in [0.15, 0.2) is 5.82 Å². The van der Waals surface area contributed by atoms with Crippen molar-refractivity contribution in [2.45, 2.75) is 39.5 Å². The van der Waals surface area contributed by atoms with E-state index in [0.717, 1.165) is 23.3 Å². The quantitative estimate of drug-likeness (QED) is 0.805. The maximum absolute atomic E-state index is 11.8. The van der Waals surface area contributed by atoms with Crippen molar-refractivity contribution in [1.82, 2.24) is 20.7 Å². The average molecular weight is 291 g/mol. The summed E-state index contributed by atoms with van der Waals surface area (Å²) in [5.41, 5.74) is 1.75. The highest BCUT2D eigenvalue weighted by atomic mass is 16.5. The Labute approximate surface area is 123 Å². The molecular weight excluding hydrogens is 270 g/mol. The monoisotopic (exact) mass is 291 g/mol. The normalized spacial score (nSPS) is 11.4. The van der Waals surface area contributed by atoms with Crippen LogP contribution in [-0.2, 0) is 11.8 Å². The third kappa shape index (κ3) is 3.84. The number of hydrogen-bond acceptors (Lipinski definition) is 4. The number of aromatic amines is 1. The molecule has 0 fully saturated rings. The molecule has 0 aliphatic rings. The number of amides is 2. The number of hydrogen-bond donors (Lipinski definition) is 3. The fourth-order valence-electron chi connectivity index (χ4n) is 2.04. The molecular formula is C14H21N5O2. The van der Waals surface area contributed by atoms with Gasteiger partial charge in [-0.05, 0) is 18.9 Å². The van der Waals surface area contributed by atoms with E-state index < -0.39 is 0 Å². The Balaban J connectivity index is 1.87. The Hall–Kier alpha value is -2.31. The van der Waals surface area contributed by atoms with Gasteiger partial charge in [0.1, 0.15) is 5.76 Å². The Morgan fingerprint density at radius 1 is 1.43 bits per heavy atom. The Morgan fingerprint density at radius 3 is 2.76 bits per heavy atom. The lowest BCUT2D eigenvalue weighted by molar-refractivity contribution is 0.252. The first-order valence-corrected chi connectivity index (χ1v) is 6.87. The van der Waals surface area contributed by atoms with Crippen LogP contribution >= 0.6 is 0 Å². The van der Waals surface area contributed by atoms with E-state index in [1.165, 1.54) is 0 Å². The van der Waals surface area contributed by atoms with Crippen LogP contribution in [0.3, 0.4) is 0 Å². The van der Waals surface area contributed by atoms with E-state index in [1.54, 1.807) is 12.4 Å². The Bertz CT molecular complexity index is 595. The predicted molar refractivity (Wildman–Crippen MR) is 79.3 cm³/mol. The molecule has 7 heteroatoms.